The summed E-state index contributed by atoms with van der Waals surface area (Å²) in [6, 6.07) is 0. The molecule has 0 spiro atoms. The molecule has 0 aliphatic carbocycles. The number of aliphatic carboxylic acids is 1. The van der Waals surface area contributed by atoms with Crippen LogP contribution in [-0.4, -0.2) is 11.1 Å². The van der Waals surface area contributed by atoms with Crippen LogP contribution in [0, 0.1) is 23.7 Å². The van der Waals surface area contributed by atoms with E-state index in [0.29, 0.717) is 0 Å². The molecule has 0 bridgehead atoms. The van der Waals surface area contributed by atoms with E-state index in [1.807, 2.05) is 6.92 Å². The maximum Gasteiger partial charge on any atom is 0.306 e. The van der Waals surface area contributed by atoms with Crippen molar-refractivity contribution in [1.82, 2.24) is 0 Å². The Kier molecular flexibility index (Phi) is 11.8. The van der Waals surface area contributed by atoms with Crippen molar-refractivity contribution in [3.05, 3.63) is 0 Å². The highest BCUT2D eigenvalue weighted by molar-refractivity contribution is 5.69. The molecule has 0 aromatic rings. The van der Waals surface area contributed by atoms with Crippen molar-refractivity contribution in [1.29, 1.82) is 0 Å². The van der Waals surface area contributed by atoms with Crippen LogP contribution in [0.5, 0.6) is 0 Å². The second-order valence-corrected chi connectivity index (χ2v) is 7.64. The van der Waals surface area contributed by atoms with E-state index in [-0.39, 0.29) is 5.92 Å². The SMILES string of the molecule is CC(C)CCCC(C)CCCC(C)CCC[C@@H](C)C(=O)O. The van der Waals surface area contributed by atoms with E-state index in [0.717, 1.165) is 30.6 Å². The molecule has 0 heterocycles. The molecule has 0 rings (SSSR count). The zero-order chi connectivity index (χ0) is 16.3. The number of carboxylic acids is 1. The second-order valence-electron chi connectivity index (χ2n) is 7.64. The van der Waals surface area contributed by atoms with Crippen molar-refractivity contribution in [2.45, 2.75) is 92.4 Å². The minimum atomic E-state index is -0.655. The van der Waals surface area contributed by atoms with Gasteiger partial charge >= 0.3 is 5.97 Å². The summed E-state index contributed by atoms with van der Waals surface area (Å²) >= 11 is 0. The van der Waals surface area contributed by atoms with Gasteiger partial charge in [-0.25, -0.2) is 0 Å². The fourth-order valence-corrected chi connectivity index (χ4v) is 2.87. The summed E-state index contributed by atoms with van der Waals surface area (Å²) in [4.78, 5) is 10.8. The van der Waals surface area contributed by atoms with E-state index in [4.69, 9.17) is 5.11 Å². The van der Waals surface area contributed by atoms with E-state index in [1.165, 1.54) is 44.9 Å². The molecule has 0 radical (unpaired) electrons. The van der Waals surface area contributed by atoms with Gasteiger partial charge in [0.2, 0.25) is 0 Å². The van der Waals surface area contributed by atoms with E-state index < -0.39 is 5.97 Å². The Labute approximate surface area is 132 Å². The first-order valence-corrected chi connectivity index (χ1v) is 9.05. The van der Waals surface area contributed by atoms with Crippen LogP contribution in [0.25, 0.3) is 0 Å². The smallest absolute Gasteiger partial charge is 0.306 e. The predicted octanol–water partition coefficient (Wildman–Crippen LogP) is 6.15. The molecule has 2 heteroatoms. The number of rotatable bonds is 13. The summed E-state index contributed by atoms with van der Waals surface area (Å²) in [7, 11) is 0. The zero-order valence-electron chi connectivity index (χ0n) is 15.0. The highest BCUT2D eigenvalue weighted by Gasteiger charge is 2.11. The van der Waals surface area contributed by atoms with Crippen LogP contribution in [0.1, 0.15) is 92.4 Å². The Hall–Kier alpha value is -0.530. The quantitative estimate of drug-likeness (QED) is 0.443. The molecular weight excluding hydrogens is 260 g/mol. The lowest BCUT2D eigenvalue weighted by atomic mass is 9.91. The molecule has 0 amide bonds. The molecule has 0 saturated heterocycles. The Morgan fingerprint density at radius 2 is 1.10 bits per heavy atom. The summed E-state index contributed by atoms with van der Waals surface area (Å²) in [6.45, 7) is 11.1. The van der Waals surface area contributed by atoms with Gasteiger partial charge in [-0.2, -0.15) is 0 Å². The maximum absolute atomic E-state index is 10.8. The number of carboxylic acid groups (broad SMARTS) is 1. The second kappa shape index (κ2) is 12.1. The van der Waals surface area contributed by atoms with Crippen LogP contribution in [0.3, 0.4) is 0 Å². The first-order valence-electron chi connectivity index (χ1n) is 9.05. The van der Waals surface area contributed by atoms with Crippen molar-refractivity contribution >= 4 is 5.97 Å². The Morgan fingerprint density at radius 1 is 0.714 bits per heavy atom. The van der Waals surface area contributed by atoms with Gasteiger partial charge in [-0.1, -0.05) is 86.0 Å². The first kappa shape index (κ1) is 20.5. The number of hydrogen-bond donors (Lipinski definition) is 1. The minimum absolute atomic E-state index is 0.182. The summed E-state index contributed by atoms with van der Waals surface area (Å²) < 4.78 is 0. The van der Waals surface area contributed by atoms with Gasteiger partial charge in [0.05, 0.1) is 5.92 Å². The molecular formula is C19H38O2. The Balaban J connectivity index is 3.52. The van der Waals surface area contributed by atoms with Gasteiger partial charge in [-0.3, -0.25) is 4.79 Å². The van der Waals surface area contributed by atoms with Gasteiger partial charge in [0.1, 0.15) is 0 Å². The standard InChI is InChI=1S/C19H38O2/c1-15(2)9-6-10-16(3)11-7-12-17(4)13-8-14-18(5)19(20)21/h15-18H,6-14H2,1-5H3,(H,20,21)/t16?,17?,18-/m1/s1. The van der Waals surface area contributed by atoms with Crippen LogP contribution in [0.15, 0.2) is 0 Å². The van der Waals surface area contributed by atoms with E-state index in [1.54, 1.807) is 0 Å². The summed E-state index contributed by atoms with van der Waals surface area (Å²) in [5, 5.41) is 8.85. The molecule has 0 aliphatic heterocycles. The van der Waals surface area contributed by atoms with Crippen LogP contribution in [-0.2, 0) is 4.79 Å². The normalized spacial score (nSPS) is 15.9. The third kappa shape index (κ3) is 12.9. The molecule has 3 atom stereocenters. The van der Waals surface area contributed by atoms with Crippen molar-refractivity contribution in [3.63, 3.8) is 0 Å². The highest BCUT2D eigenvalue weighted by Crippen LogP contribution is 2.22. The molecule has 2 unspecified atom stereocenters. The molecule has 1 N–H and O–H groups in total. The van der Waals surface area contributed by atoms with Crippen molar-refractivity contribution in [2.75, 3.05) is 0 Å². The Bertz CT molecular complexity index is 260. The van der Waals surface area contributed by atoms with E-state index >= 15 is 0 Å². The first-order chi connectivity index (χ1) is 9.82. The number of carbonyl (C=O) groups is 1. The van der Waals surface area contributed by atoms with Gasteiger partial charge in [0.15, 0.2) is 0 Å². The van der Waals surface area contributed by atoms with Gasteiger partial charge in [0, 0.05) is 0 Å². The zero-order valence-corrected chi connectivity index (χ0v) is 15.0. The molecule has 2 nitrogen and oxygen atoms in total. The van der Waals surface area contributed by atoms with Crippen molar-refractivity contribution in [3.8, 4) is 0 Å². The van der Waals surface area contributed by atoms with Crippen LogP contribution in [0.4, 0.5) is 0 Å². The molecule has 0 aliphatic rings. The topological polar surface area (TPSA) is 37.3 Å². The van der Waals surface area contributed by atoms with Crippen LogP contribution >= 0.6 is 0 Å². The van der Waals surface area contributed by atoms with Crippen molar-refractivity contribution in [2.24, 2.45) is 23.7 Å². The van der Waals surface area contributed by atoms with Gasteiger partial charge in [-0.05, 0) is 24.2 Å². The minimum Gasteiger partial charge on any atom is -0.481 e. The molecule has 0 fully saturated rings. The summed E-state index contributed by atoms with van der Waals surface area (Å²) in [5.74, 6) is 1.61. The molecule has 21 heavy (non-hydrogen) atoms. The molecule has 0 aromatic heterocycles. The van der Waals surface area contributed by atoms with Crippen molar-refractivity contribution < 1.29 is 9.90 Å². The third-order valence-electron chi connectivity index (χ3n) is 4.63. The summed E-state index contributed by atoms with van der Waals surface area (Å²) in [5.41, 5.74) is 0. The molecule has 0 saturated carbocycles. The average molecular weight is 299 g/mol. The molecule has 0 aromatic carbocycles. The Morgan fingerprint density at radius 3 is 1.48 bits per heavy atom. The fraction of sp³-hybridized carbons (Fsp3) is 0.947. The van der Waals surface area contributed by atoms with Crippen LogP contribution in [0.2, 0.25) is 0 Å². The van der Waals surface area contributed by atoms with Gasteiger partial charge in [-0.15, -0.1) is 0 Å². The summed E-state index contributed by atoms with van der Waals surface area (Å²) in [6.07, 6.45) is 11.2. The largest absolute Gasteiger partial charge is 0.481 e. The van der Waals surface area contributed by atoms with Gasteiger partial charge < -0.3 is 5.11 Å². The van der Waals surface area contributed by atoms with E-state index in [9.17, 15) is 4.79 Å². The third-order valence-corrected chi connectivity index (χ3v) is 4.63. The van der Waals surface area contributed by atoms with Crippen LogP contribution < -0.4 is 0 Å². The average Bonchev–Trinajstić information content (AvgIpc) is 2.37. The molecule has 126 valence electrons. The number of hydrogen-bond acceptors (Lipinski definition) is 1. The fourth-order valence-electron chi connectivity index (χ4n) is 2.87. The lowest BCUT2D eigenvalue weighted by Crippen LogP contribution is -2.09. The lowest BCUT2D eigenvalue weighted by Gasteiger charge is -2.15. The van der Waals surface area contributed by atoms with Gasteiger partial charge in [0.25, 0.3) is 0 Å². The van der Waals surface area contributed by atoms with E-state index in [2.05, 4.69) is 27.7 Å². The predicted molar refractivity (Wildman–Crippen MR) is 91.5 cm³/mol. The maximum atomic E-state index is 10.8. The lowest BCUT2D eigenvalue weighted by molar-refractivity contribution is -0.141. The highest BCUT2D eigenvalue weighted by atomic mass is 16.4. The monoisotopic (exact) mass is 298 g/mol.